The first-order valence-corrected chi connectivity index (χ1v) is 4.79. The molecule has 1 aromatic rings. The molecule has 15 heavy (non-hydrogen) atoms. The summed E-state index contributed by atoms with van der Waals surface area (Å²) in [5.41, 5.74) is 8.22. The molecule has 0 saturated carbocycles. The first kappa shape index (κ1) is 12.1. The molecule has 1 atom stereocenters. The predicted molar refractivity (Wildman–Crippen MR) is 62.0 cm³/mol. The van der Waals surface area contributed by atoms with Gasteiger partial charge in [-0.1, -0.05) is 6.07 Å². The molecule has 1 heterocycles. The van der Waals surface area contributed by atoms with E-state index in [9.17, 15) is 0 Å². The fourth-order valence-electron chi connectivity index (χ4n) is 1.79. The first-order valence-electron chi connectivity index (χ1n) is 4.79. The first-order chi connectivity index (χ1) is 6.72. The van der Waals surface area contributed by atoms with Crippen molar-refractivity contribution in [1.82, 2.24) is 0 Å². The Morgan fingerprint density at radius 1 is 1.47 bits per heavy atom. The summed E-state index contributed by atoms with van der Waals surface area (Å²) < 4.78 is 10.8. The quantitative estimate of drug-likeness (QED) is 0.803. The highest BCUT2D eigenvalue weighted by Gasteiger charge is 2.21. The third-order valence-corrected chi connectivity index (χ3v) is 2.52. The Morgan fingerprint density at radius 2 is 2.20 bits per heavy atom. The second-order valence-corrected chi connectivity index (χ2v) is 3.63. The Hall–Kier alpha value is -0.930. The topological polar surface area (TPSA) is 44.5 Å². The van der Waals surface area contributed by atoms with Crippen LogP contribution in [0.25, 0.3) is 0 Å². The highest BCUT2D eigenvalue weighted by Crippen LogP contribution is 2.39. The molecule has 1 aromatic carbocycles. The van der Waals surface area contributed by atoms with Gasteiger partial charge in [-0.25, -0.2) is 0 Å². The van der Waals surface area contributed by atoms with Crippen LogP contribution in [-0.2, 0) is 0 Å². The van der Waals surface area contributed by atoms with Gasteiger partial charge in [0.25, 0.3) is 0 Å². The van der Waals surface area contributed by atoms with Crippen molar-refractivity contribution < 1.29 is 9.47 Å². The number of hydrogen-bond acceptors (Lipinski definition) is 3. The van der Waals surface area contributed by atoms with Crippen LogP contribution in [0.15, 0.2) is 12.1 Å². The number of aryl methyl sites for hydroxylation is 1. The molecule has 1 aliphatic heterocycles. The fourth-order valence-corrected chi connectivity index (χ4v) is 1.79. The molecule has 0 fully saturated rings. The van der Waals surface area contributed by atoms with Gasteiger partial charge in [0, 0.05) is 18.0 Å². The van der Waals surface area contributed by atoms with Crippen molar-refractivity contribution in [1.29, 1.82) is 0 Å². The van der Waals surface area contributed by atoms with Crippen LogP contribution < -0.4 is 15.2 Å². The zero-order chi connectivity index (χ0) is 10.1. The van der Waals surface area contributed by atoms with Crippen molar-refractivity contribution in [3.05, 3.63) is 23.3 Å². The van der Waals surface area contributed by atoms with Crippen molar-refractivity contribution in [3.63, 3.8) is 0 Å². The van der Waals surface area contributed by atoms with E-state index in [1.54, 1.807) is 7.11 Å². The SMILES string of the molecule is COc1cc(C)cc2c1OCCC2N.Cl. The molecule has 4 heteroatoms. The van der Waals surface area contributed by atoms with Crippen molar-refractivity contribution in [2.24, 2.45) is 5.73 Å². The van der Waals surface area contributed by atoms with E-state index in [1.807, 2.05) is 13.0 Å². The van der Waals surface area contributed by atoms with Crippen molar-refractivity contribution >= 4 is 12.4 Å². The maximum atomic E-state index is 6.00. The van der Waals surface area contributed by atoms with Gasteiger partial charge in [-0.3, -0.25) is 0 Å². The molecule has 0 spiro atoms. The van der Waals surface area contributed by atoms with Gasteiger partial charge in [0.2, 0.25) is 0 Å². The summed E-state index contributed by atoms with van der Waals surface area (Å²) in [7, 11) is 1.65. The minimum Gasteiger partial charge on any atom is -0.493 e. The number of benzene rings is 1. The van der Waals surface area contributed by atoms with Crippen LogP contribution in [0.5, 0.6) is 11.5 Å². The number of methoxy groups -OCH3 is 1. The van der Waals surface area contributed by atoms with E-state index >= 15 is 0 Å². The third-order valence-electron chi connectivity index (χ3n) is 2.52. The number of ether oxygens (including phenoxy) is 2. The summed E-state index contributed by atoms with van der Waals surface area (Å²) >= 11 is 0. The molecule has 1 unspecified atom stereocenters. The molecule has 2 N–H and O–H groups in total. The van der Waals surface area contributed by atoms with Gasteiger partial charge in [0.1, 0.15) is 0 Å². The lowest BCUT2D eigenvalue weighted by molar-refractivity contribution is 0.252. The van der Waals surface area contributed by atoms with Gasteiger partial charge in [-0.2, -0.15) is 0 Å². The number of halogens is 1. The predicted octanol–water partition coefficient (Wildman–Crippen LogP) is 2.21. The van der Waals surface area contributed by atoms with Gasteiger partial charge < -0.3 is 15.2 Å². The van der Waals surface area contributed by atoms with Gasteiger partial charge in [-0.15, -0.1) is 12.4 Å². The summed E-state index contributed by atoms with van der Waals surface area (Å²) in [6.07, 6.45) is 0.875. The van der Waals surface area contributed by atoms with E-state index in [4.69, 9.17) is 15.2 Å². The molecule has 3 nitrogen and oxygen atoms in total. The van der Waals surface area contributed by atoms with Crippen LogP contribution in [0, 0.1) is 6.92 Å². The summed E-state index contributed by atoms with van der Waals surface area (Å²) in [4.78, 5) is 0. The normalized spacial score (nSPS) is 18.5. The van der Waals surface area contributed by atoms with E-state index in [1.165, 1.54) is 0 Å². The summed E-state index contributed by atoms with van der Waals surface area (Å²) in [6, 6.07) is 4.12. The van der Waals surface area contributed by atoms with Crippen LogP contribution in [0.4, 0.5) is 0 Å². The Labute approximate surface area is 96.0 Å². The Morgan fingerprint density at radius 3 is 2.87 bits per heavy atom. The lowest BCUT2D eigenvalue weighted by atomic mass is 9.99. The second-order valence-electron chi connectivity index (χ2n) is 3.63. The van der Waals surface area contributed by atoms with Crippen molar-refractivity contribution in [2.75, 3.05) is 13.7 Å². The smallest absolute Gasteiger partial charge is 0.165 e. The molecule has 2 rings (SSSR count). The van der Waals surface area contributed by atoms with Gasteiger partial charge in [0.05, 0.1) is 13.7 Å². The lowest BCUT2D eigenvalue weighted by Crippen LogP contribution is -2.21. The molecule has 84 valence electrons. The highest BCUT2D eigenvalue weighted by atomic mass is 35.5. The highest BCUT2D eigenvalue weighted by molar-refractivity contribution is 5.85. The van der Waals surface area contributed by atoms with E-state index in [2.05, 4.69) is 6.07 Å². The molecular weight excluding hydrogens is 214 g/mol. The Balaban J connectivity index is 0.00000112. The van der Waals surface area contributed by atoms with E-state index < -0.39 is 0 Å². The minimum absolute atomic E-state index is 0. The molecule has 0 aromatic heterocycles. The maximum Gasteiger partial charge on any atom is 0.165 e. The lowest BCUT2D eigenvalue weighted by Gasteiger charge is -2.25. The monoisotopic (exact) mass is 229 g/mol. The van der Waals surface area contributed by atoms with Gasteiger partial charge in [0.15, 0.2) is 11.5 Å². The second kappa shape index (κ2) is 4.73. The zero-order valence-corrected chi connectivity index (χ0v) is 9.76. The molecule has 0 bridgehead atoms. The number of fused-ring (bicyclic) bond motifs is 1. The largest absolute Gasteiger partial charge is 0.493 e. The molecule has 0 aliphatic carbocycles. The number of hydrogen-bond donors (Lipinski definition) is 1. The molecule has 0 amide bonds. The summed E-state index contributed by atoms with van der Waals surface area (Å²) in [5.74, 6) is 1.60. The van der Waals surface area contributed by atoms with Crippen LogP contribution in [-0.4, -0.2) is 13.7 Å². The zero-order valence-electron chi connectivity index (χ0n) is 8.95. The molecule has 0 radical (unpaired) electrons. The minimum atomic E-state index is 0. The van der Waals surface area contributed by atoms with Gasteiger partial charge >= 0.3 is 0 Å². The van der Waals surface area contributed by atoms with Crippen LogP contribution >= 0.6 is 12.4 Å². The van der Waals surface area contributed by atoms with E-state index in [0.29, 0.717) is 6.61 Å². The van der Waals surface area contributed by atoms with E-state index in [-0.39, 0.29) is 18.4 Å². The van der Waals surface area contributed by atoms with Crippen LogP contribution in [0.2, 0.25) is 0 Å². The molecule has 1 aliphatic rings. The molecule has 0 saturated heterocycles. The van der Waals surface area contributed by atoms with Crippen molar-refractivity contribution in [2.45, 2.75) is 19.4 Å². The summed E-state index contributed by atoms with van der Waals surface area (Å²) in [5, 5.41) is 0. The third kappa shape index (κ3) is 2.19. The van der Waals surface area contributed by atoms with Crippen LogP contribution in [0.3, 0.4) is 0 Å². The molecular formula is C11H16ClNO2. The maximum absolute atomic E-state index is 6.00. The average Bonchev–Trinajstić information content (AvgIpc) is 2.18. The van der Waals surface area contributed by atoms with Crippen LogP contribution in [0.1, 0.15) is 23.6 Å². The number of rotatable bonds is 1. The summed E-state index contributed by atoms with van der Waals surface area (Å²) in [6.45, 7) is 2.71. The number of nitrogens with two attached hydrogens (primary N) is 1. The Bertz CT molecular complexity index is 355. The average molecular weight is 230 g/mol. The van der Waals surface area contributed by atoms with E-state index in [0.717, 1.165) is 29.0 Å². The standard InChI is InChI=1S/C11H15NO2.ClH/c1-7-5-8-9(12)3-4-14-11(8)10(6-7)13-2;/h5-6,9H,3-4,12H2,1-2H3;1H. The van der Waals surface area contributed by atoms with Crippen molar-refractivity contribution in [3.8, 4) is 11.5 Å². The Kier molecular flexibility index (Phi) is 3.83. The van der Waals surface area contributed by atoms with Gasteiger partial charge in [-0.05, 0) is 18.6 Å². The fraction of sp³-hybridized carbons (Fsp3) is 0.455.